The van der Waals surface area contributed by atoms with Crippen LogP contribution >= 0.6 is 0 Å². The molecule has 0 aliphatic heterocycles. The van der Waals surface area contributed by atoms with Crippen LogP contribution in [-0.2, 0) is 9.53 Å². The third-order valence-corrected chi connectivity index (χ3v) is 3.10. The second-order valence-electron chi connectivity index (χ2n) is 5.87. The molecule has 1 atom stereocenters. The van der Waals surface area contributed by atoms with E-state index in [9.17, 15) is 4.79 Å². The predicted molar refractivity (Wildman–Crippen MR) is 92.2 cm³/mol. The van der Waals surface area contributed by atoms with Crippen LogP contribution in [0.25, 0.3) is 0 Å². The highest BCUT2D eigenvalue weighted by molar-refractivity contribution is 5.81. The van der Waals surface area contributed by atoms with Crippen molar-refractivity contribution in [2.45, 2.75) is 53.0 Å². The number of aliphatic imine (C=N–C) groups is 1. The van der Waals surface area contributed by atoms with Crippen molar-refractivity contribution in [1.82, 2.24) is 16.0 Å². The molecule has 0 aromatic rings. The molecule has 0 bridgehead atoms. The number of nitrogens with zero attached hydrogens (tertiary/aromatic N) is 1. The molecule has 22 heavy (non-hydrogen) atoms. The van der Waals surface area contributed by atoms with Gasteiger partial charge in [0.1, 0.15) is 0 Å². The normalized spacial score (nSPS) is 13.1. The van der Waals surface area contributed by atoms with Crippen molar-refractivity contribution in [3.63, 3.8) is 0 Å². The predicted octanol–water partition coefficient (Wildman–Crippen LogP) is 1.52. The molecule has 0 saturated carbocycles. The van der Waals surface area contributed by atoms with Crippen LogP contribution in [-0.4, -0.2) is 51.3 Å². The molecule has 0 fully saturated rings. The first-order valence-corrected chi connectivity index (χ1v) is 8.31. The third-order valence-electron chi connectivity index (χ3n) is 3.10. The van der Waals surface area contributed by atoms with Gasteiger partial charge in [-0.2, -0.15) is 0 Å². The number of hydrogen-bond donors (Lipinski definition) is 3. The minimum absolute atomic E-state index is 0.0689. The molecule has 0 rings (SSSR count). The lowest BCUT2D eigenvalue weighted by Crippen LogP contribution is -2.40. The fraction of sp³-hybridized carbons (Fsp3) is 0.875. The van der Waals surface area contributed by atoms with Gasteiger partial charge in [-0.25, -0.2) is 0 Å². The van der Waals surface area contributed by atoms with Gasteiger partial charge in [-0.1, -0.05) is 20.8 Å². The summed E-state index contributed by atoms with van der Waals surface area (Å²) in [5.74, 6) is 1.36. The Morgan fingerprint density at radius 2 is 1.86 bits per heavy atom. The van der Waals surface area contributed by atoms with Gasteiger partial charge in [0, 0.05) is 45.8 Å². The number of carbonyl (C=O) groups excluding carboxylic acids is 1. The van der Waals surface area contributed by atoms with Gasteiger partial charge in [-0.05, 0) is 25.7 Å². The van der Waals surface area contributed by atoms with Crippen molar-refractivity contribution < 1.29 is 9.53 Å². The van der Waals surface area contributed by atoms with Gasteiger partial charge in [-0.15, -0.1) is 0 Å². The molecule has 6 nitrogen and oxygen atoms in total. The van der Waals surface area contributed by atoms with Crippen molar-refractivity contribution >= 4 is 11.9 Å². The van der Waals surface area contributed by atoms with Crippen LogP contribution in [0.4, 0.5) is 0 Å². The minimum Gasteiger partial charge on any atom is -0.381 e. The van der Waals surface area contributed by atoms with E-state index in [1.165, 1.54) is 0 Å². The Hall–Kier alpha value is -1.30. The monoisotopic (exact) mass is 314 g/mol. The van der Waals surface area contributed by atoms with Gasteiger partial charge >= 0.3 is 0 Å². The molecule has 6 heteroatoms. The van der Waals surface area contributed by atoms with E-state index in [0.29, 0.717) is 18.9 Å². The zero-order valence-corrected chi connectivity index (χ0v) is 14.9. The summed E-state index contributed by atoms with van der Waals surface area (Å²) in [6.45, 7) is 11.3. The molecule has 1 amide bonds. The number of hydrogen-bond acceptors (Lipinski definition) is 3. The summed E-state index contributed by atoms with van der Waals surface area (Å²) in [4.78, 5) is 15.8. The fourth-order valence-electron chi connectivity index (χ4n) is 1.66. The number of nitrogens with one attached hydrogen (secondary N) is 3. The van der Waals surface area contributed by atoms with Crippen molar-refractivity contribution in [3.8, 4) is 0 Å². The summed E-state index contributed by atoms with van der Waals surface area (Å²) < 4.78 is 5.52. The summed E-state index contributed by atoms with van der Waals surface area (Å²) in [6, 6.07) is 0.232. The smallest absolute Gasteiger partial charge is 0.221 e. The van der Waals surface area contributed by atoms with Crippen LogP contribution in [0.5, 0.6) is 0 Å². The highest BCUT2D eigenvalue weighted by Crippen LogP contribution is 1.93. The van der Waals surface area contributed by atoms with Gasteiger partial charge in [-0.3, -0.25) is 9.79 Å². The SMILES string of the molecule is CC[C@@H](C)NC(=O)CCNC(=NC)NCCCOCC(C)C. The summed E-state index contributed by atoms with van der Waals surface area (Å²) in [5.41, 5.74) is 0. The maximum absolute atomic E-state index is 11.6. The summed E-state index contributed by atoms with van der Waals surface area (Å²) in [7, 11) is 1.73. The van der Waals surface area contributed by atoms with Crippen LogP contribution < -0.4 is 16.0 Å². The lowest BCUT2D eigenvalue weighted by Gasteiger charge is -2.14. The molecule has 0 spiro atoms. The molecule has 0 unspecified atom stereocenters. The molecule has 130 valence electrons. The number of amides is 1. The van der Waals surface area contributed by atoms with Crippen LogP contribution in [0.1, 0.15) is 47.0 Å². The lowest BCUT2D eigenvalue weighted by atomic mass is 10.2. The van der Waals surface area contributed by atoms with E-state index in [0.717, 1.165) is 38.6 Å². The van der Waals surface area contributed by atoms with E-state index in [4.69, 9.17) is 4.74 Å². The Bertz CT molecular complexity index is 319. The van der Waals surface area contributed by atoms with E-state index < -0.39 is 0 Å². The molecule has 0 aromatic heterocycles. The largest absolute Gasteiger partial charge is 0.381 e. The van der Waals surface area contributed by atoms with Gasteiger partial charge in [0.15, 0.2) is 5.96 Å². The van der Waals surface area contributed by atoms with Crippen LogP contribution in [0.3, 0.4) is 0 Å². The molecule has 0 aliphatic carbocycles. The first kappa shape index (κ1) is 20.7. The van der Waals surface area contributed by atoms with Gasteiger partial charge in [0.25, 0.3) is 0 Å². The van der Waals surface area contributed by atoms with Crippen molar-refractivity contribution in [2.24, 2.45) is 10.9 Å². The molecule has 0 saturated heterocycles. The zero-order valence-electron chi connectivity index (χ0n) is 14.9. The van der Waals surface area contributed by atoms with E-state index in [-0.39, 0.29) is 11.9 Å². The Labute approximate surface area is 135 Å². The van der Waals surface area contributed by atoms with Crippen molar-refractivity contribution in [1.29, 1.82) is 0 Å². The molecular formula is C16H34N4O2. The Balaban J connectivity index is 3.65. The van der Waals surface area contributed by atoms with Crippen LogP contribution in [0.15, 0.2) is 4.99 Å². The van der Waals surface area contributed by atoms with E-state index >= 15 is 0 Å². The number of rotatable bonds is 11. The maximum Gasteiger partial charge on any atom is 0.221 e. The Kier molecular flexibility index (Phi) is 12.6. The number of ether oxygens (including phenoxy) is 1. The first-order valence-electron chi connectivity index (χ1n) is 8.31. The zero-order chi connectivity index (χ0) is 16.8. The Morgan fingerprint density at radius 3 is 2.45 bits per heavy atom. The van der Waals surface area contributed by atoms with Crippen LogP contribution in [0, 0.1) is 5.92 Å². The average molecular weight is 314 g/mol. The third kappa shape index (κ3) is 12.4. The van der Waals surface area contributed by atoms with Gasteiger partial charge < -0.3 is 20.7 Å². The fourth-order valence-corrected chi connectivity index (χ4v) is 1.66. The molecule has 0 heterocycles. The quantitative estimate of drug-likeness (QED) is 0.307. The molecular weight excluding hydrogens is 280 g/mol. The molecule has 0 radical (unpaired) electrons. The molecule has 0 aliphatic rings. The summed E-state index contributed by atoms with van der Waals surface area (Å²) in [5, 5.41) is 9.29. The second-order valence-corrected chi connectivity index (χ2v) is 5.87. The topological polar surface area (TPSA) is 74.8 Å². The van der Waals surface area contributed by atoms with Gasteiger partial charge in [0.2, 0.25) is 5.91 Å². The first-order chi connectivity index (χ1) is 10.5. The van der Waals surface area contributed by atoms with E-state index in [1.807, 2.05) is 6.92 Å². The number of guanidine groups is 1. The second kappa shape index (κ2) is 13.4. The standard InChI is InChI=1S/C16H34N4O2/c1-6-14(4)20-15(21)8-10-19-16(17-5)18-9-7-11-22-12-13(2)3/h13-14H,6-12H2,1-5H3,(H,20,21)(H2,17,18,19)/t14-/m1/s1. The number of carbonyl (C=O) groups is 1. The minimum atomic E-state index is 0.0689. The maximum atomic E-state index is 11.6. The molecule has 0 aromatic carbocycles. The average Bonchev–Trinajstić information content (AvgIpc) is 2.48. The van der Waals surface area contributed by atoms with Crippen LogP contribution in [0.2, 0.25) is 0 Å². The van der Waals surface area contributed by atoms with Gasteiger partial charge in [0.05, 0.1) is 0 Å². The Morgan fingerprint density at radius 1 is 1.18 bits per heavy atom. The molecule has 3 N–H and O–H groups in total. The van der Waals surface area contributed by atoms with E-state index in [2.05, 4.69) is 41.7 Å². The highest BCUT2D eigenvalue weighted by atomic mass is 16.5. The van der Waals surface area contributed by atoms with Crippen molar-refractivity contribution in [3.05, 3.63) is 0 Å². The van der Waals surface area contributed by atoms with E-state index in [1.54, 1.807) is 7.05 Å². The highest BCUT2D eigenvalue weighted by Gasteiger charge is 2.05. The lowest BCUT2D eigenvalue weighted by molar-refractivity contribution is -0.121. The summed E-state index contributed by atoms with van der Waals surface area (Å²) in [6.07, 6.45) is 2.33. The van der Waals surface area contributed by atoms with Crippen molar-refractivity contribution in [2.75, 3.05) is 33.4 Å². The summed E-state index contributed by atoms with van der Waals surface area (Å²) >= 11 is 0.